The van der Waals surface area contributed by atoms with E-state index in [2.05, 4.69) is 20.9 Å². The third-order valence-corrected chi connectivity index (χ3v) is 2.40. The molecule has 17 heavy (non-hydrogen) atoms. The number of nitrogens with zero attached hydrogens (tertiary/aromatic N) is 2. The first kappa shape index (κ1) is 14.0. The molecule has 94 valence electrons. The van der Waals surface area contributed by atoms with Crippen LogP contribution < -0.4 is 0 Å². The van der Waals surface area contributed by atoms with Crippen LogP contribution in [0.3, 0.4) is 0 Å². The fourth-order valence-electron chi connectivity index (χ4n) is 1.23. The van der Waals surface area contributed by atoms with Crippen molar-refractivity contribution in [3.8, 4) is 0 Å². The van der Waals surface area contributed by atoms with Gasteiger partial charge in [-0.1, -0.05) is 12.2 Å². The molecule has 0 radical (unpaired) electrons. The quantitative estimate of drug-likeness (QED) is 0.488. The Morgan fingerprint density at radius 3 is 2.65 bits per heavy atom. The number of allylic oxidation sites excluding steroid dienone is 3. The zero-order chi connectivity index (χ0) is 12.9. The largest absolute Gasteiger partial charge is 0.414 e. The minimum absolute atomic E-state index is 0.132. The summed E-state index contributed by atoms with van der Waals surface area (Å²) in [5, 5.41) is 0. The van der Waals surface area contributed by atoms with Gasteiger partial charge in [-0.2, -0.15) is 13.2 Å². The van der Waals surface area contributed by atoms with Gasteiger partial charge in [-0.3, -0.25) is 4.99 Å². The van der Waals surface area contributed by atoms with E-state index in [-0.39, 0.29) is 6.42 Å². The van der Waals surface area contributed by atoms with Crippen LogP contribution in [0.15, 0.2) is 39.7 Å². The summed E-state index contributed by atoms with van der Waals surface area (Å²) in [4.78, 5) is 5.35. The van der Waals surface area contributed by atoms with Crippen molar-refractivity contribution in [1.82, 2.24) is 4.90 Å². The van der Waals surface area contributed by atoms with Gasteiger partial charge in [-0.25, -0.2) is 0 Å². The molecule has 0 aromatic carbocycles. The van der Waals surface area contributed by atoms with E-state index in [0.717, 1.165) is 6.20 Å². The van der Waals surface area contributed by atoms with Gasteiger partial charge in [0.25, 0.3) is 0 Å². The molecule has 0 unspecified atom stereocenters. The Bertz CT molecular complexity index is 381. The Hall–Kier alpha value is -1.04. The molecule has 0 aromatic rings. The monoisotopic (exact) mass is 308 g/mol. The maximum atomic E-state index is 12.7. The molecule has 0 atom stereocenters. The summed E-state index contributed by atoms with van der Waals surface area (Å²) in [5.74, 6) is 0. The standard InChI is InChI=1S/C11H12BrF3N2/c1-17-7-9(11(13,14)15)5-3-2-4-6-16-10(12)8-17/h2-3,6-8H,4-5H2,1H3/b3-2-,9-7+,10-8-,16-6+. The lowest BCUT2D eigenvalue weighted by Crippen LogP contribution is -2.15. The summed E-state index contributed by atoms with van der Waals surface area (Å²) >= 11 is 3.16. The highest BCUT2D eigenvalue weighted by atomic mass is 79.9. The highest BCUT2D eigenvalue weighted by Crippen LogP contribution is 2.29. The van der Waals surface area contributed by atoms with Gasteiger partial charge in [0.1, 0.15) is 4.61 Å². The molecule has 0 N–H and O–H groups in total. The highest BCUT2D eigenvalue weighted by Gasteiger charge is 2.32. The summed E-state index contributed by atoms with van der Waals surface area (Å²) in [5.41, 5.74) is -0.588. The van der Waals surface area contributed by atoms with Gasteiger partial charge in [0, 0.05) is 32.1 Å². The number of alkyl halides is 3. The van der Waals surface area contributed by atoms with E-state index >= 15 is 0 Å². The predicted octanol–water partition coefficient (Wildman–Crippen LogP) is 3.98. The second-order valence-corrected chi connectivity index (χ2v) is 4.30. The molecule has 0 amide bonds. The molecule has 1 heterocycles. The van der Waals surface area contributed by atoms with Gasteiger partial charge in [0.2, 0.25) is 0 Å². The molecule has 0 aliphatic carbocycles. The third-order valence-electron chi connectivity index (χ3n) is 1.99. The summed E-state index contributed by atoms with van der Waals surface area (Å²) in [7, 11) is 1.53. The van der Waals surface area contributed by atoms with E-state index in [0.29, 0.717) is 11.0 Å². The molecule has 0 fully saturated rings. The minimum atomic E-state index is -4.31. The number of hydrogen-bond acceptors (Lipinski definition) is 2. The molecule has 0 saturated carbocycles. The van der Waals surface area contributed by atoms with E-state index in [1.165, 1.54) is 24.2 Å². The molecule has 1 aliphatic rings. The number of rotatable bonds is 0. The summed E-state index contributed by atoms with van der Waals surface area (Å²) in [6.07, 6.45) is 3.40. The van der Waals surface area contributed by atoms with Crippen molar-refractivity contribution in [3.05, 3.63) is 34.7 Å². The van der Waals surface area contributed by atoms with Gasteiger partial charge >= 0.3 is 6.18 Å². The van der Waals surface area contributed by atoms with Crippen molar-refractivity contribution in [1.29, 1.82) is 0 Å². The number of halogens is 4. The molecular formula is C11H12BrF3N2. The Labute approximate surface area is 106 Å². The lowest BCUT2D eigenvalue weighted by atomic mass is 10.2. The van der Waals surface area contributed by atoms with Crippen LogP contribution in [-0.4, -0.2) is 24.3 Å². The molecule has 1 rings (SSSR count). The number of hydrogen-bond donors (Lipinski definition) is 0. The highest BCUT2D eigenvalue weighted by molar-refractivity contribution is 9.11. The molecular weight excluding hydrogens is 297 g/mol. The van der Waals surface area contributed by atoms with Crippen LogP contribution in [0, 0.1) is 0 Å². The van der Waals surface area contributed by atoms with Crippen molar-refractivity contribution < 1.29 is 13.2 Å². The van der Waals surface area contributed by atoms with Crippen LogP contribution in [0.2, 0.25) is 0 Å². The van der Waals surface area contributed by atoms with Crippen LogP contribution in [0.5, 0.6) is 0 Å². The van der Waals surface area contributed by atoms with Crippen molar-refractivity contribution >= 4 is 22.1 Å². The molecule has 0 bridgehead atoms. The summed E-state index contributed by atoms with van der Waals surface area (Å²) in [6, 6.07) is 0. The Kier molecular flexibility index (Phi) is 4.99. The smallest absolute Gasteiger partial charge is 0.354 e. The van der Waals surface area contributed by atoms with E-state index in [4.69, 9.17) is 0 Å². The number of aliphatic imine (C=N–C) groups is 1. The Morgan fingerprint density at radius 2 is 2.00 bits per heavy atom. The van der Waals surface area contributed by atoms with Gasteiger partial charge in [-0.15, -0.1) is 0 Å². The average Bonchev–Trinajstić information content (AvgIpc) is 2.21. The molecule has 2 nitrogen and oxygen atoms in total. The third kappa shape index (κ3) is 5.21. The molecule has 0 spiro atoms. The van der Waals surface area contributed by atoms with Crippen LogP contribution >= 0.6 is 15.9 Å². The SMILES string of the molecule is CN1/C=C(Br)\N=C\C/C=C\C/C(C(F)(F)F)=C\1. The second kappa shape index (κ2) is 6.05. The minimum Gasteiger partial charge on any atom is -0.354 e. The normalized spacial score (nSPS) is 28.4. The maximum absolute atomic E-state index is 12.7. The van der Waals surface area contributed by atoms with E-state index in [1.54, 1.807) is 12.3 Å². The Balaban J connectivity index is 3.02. The molecule has 0 saturated heterocycles. The fourth-order valence-corrected chi connectivity index (χ4v) is 1.70. The van der Waals surface area contributed by atoms with Gasteiger partial charge in [-0.05, 0) is 22.4 Å². The zero-order valence-electron chi connectivity index (χ0n) is 9.21. The van der Waals surface area contributed by atoms with Crippen molar-refractivity contribution in [2.24, 2.45) is 4.99 Å². The second-order valence-electron chi connectivity index (χ2n) is 3.49. The first-order chi connectivity index (χ1) is 7.89. The molecule has 0 aromatic heterocycles. The van der Waals surface area contributed by atoms with Crippen molar-refractivity contribution in [2.75, 3.05) is 7.05 Å². The lowest BCUT2D eigenvalue weighted by Gasteiger charge is -2.14. The Morgan fingerprint density at radius 1 is 1.29 bits per heavy atom. The maximum Gasteiger partial charge on any atom is 0.414 e. The fraction of sp³-hybridized carbons (Fsp3) is 0.364. The molecule has 6 heteroatoms. The van der Waals surface area contributed by atoms with E-state index in [1.807, 2.05) is 0 Å². The van der Waals surface area contributed by atoms with Crippen LogP contribution in [0.25, 0.3) is 0 Å². The first-order valence-corrected chi connectivity index (χ1v) is 5.73. The van der Waals surface area contributed by atoms with Crippen LogP contribution in [0.4, 0.5) is 13.2 Å². The first-order valence-electron chi connectivity index (χ1n) is 4.94. The average molecular weight is 309 g/mol. The summed E-state index contributed by atoms with van der Waals surface area (Å²) < 4.78 is 38.5. The van der Waals surface area contributed by atoms with E-state index in [9.17, 15) is 13.2 Å². The van der Waals surface area contributed by atoms with E-state index < -0.39 is 11.7 Å². The molecule has 1 aliphatic heterocycles. The predicted molar refractivity (Wildman–Crippen MR) is 65.8 cm³/mol. The zero-order valence-corrected chi connectivity index (χ0v) is 10.8. The van der Waals surface area contributed by atoms with Crippen molar-refractivity contribution in [2.45, 2.75) is 19.0 Å². The summed E-state index contributed by atoms with van der Waals surface area (Å²) in [6.45, 7) is 0. The van der Waals surface area contributed by atoms with Gasteiger partial charge < -0.3 is 4.90 Å². The van der Waals surface area contributed by atoms with Crippen LogP contribution in [0.1, 0.15) is 12.8 Å². The van der Waals surface area contributed by atoms with Crippen molar-refractivity contribution in [3.63, 3.8) is 0 Å². The van der Waals surface area contributed by atoms with Gasteiger partial charge in [0.05, 0.1) is 5.57 Å². The topological polar surface area (TPSA) is 15.6 Å². The lowest BCUT2D eigenvalue weighted by molar-refractivity contribution is -0.0937. The van der Waals surface area contributed by atoms with Gasteiger partial charge in [0.15, 0.2) is 0 Å². The van der Waals surface area contributed by atoms with Crippen LogP contribution in [-0.2, 0) is 0 Å².